The van der Waals surface area contributed by atoms with Gasteiger partial charge in [-0.05, 0) is 24.6 Å². The van der Waals surface area contributed by atoms with Gasteiger partial charge in [0, 0.05) is 50.2 Å². The summed E-state index contributed by atoms with van der Waals surface area (Å²) in [7, 11) is 1.58. The molecule has 0 radical (unpaired) electrons. The molecule has 25 heavy (non-hydrogen) atoms. The predicted octanol–water partition coefficient (Wildman–Crippen LogP) is 2.08. The first kappa shape index (κ1) is 17.3. The van der Waals surface area contributed by atoms with Crippen molar-refractivity contribution in [1.82, 2.24) is 9.80 Å². The highest BCUT2D eigenvalue weighted by molar-refractivity contribution is 5.81. The van der Waals surface area contributed by atoms with Crippen LogP contribution in [-0.2, 0) is 11.3 Å². The van der Waals surface area contributed by atoms with Crippen LogP contribution >= 0.6 is 0 Å². The molecule has 0 unspecified atom stereocenters. The van der Waals surface area contributed by atoms with E-state index in [0.717, 1.165) is 24.0 Å². The molecule has 0 aliphatic carbocycles. The Balaban J connectivity index is 1.73. The van der Waals surface area contributed by atoms with E-state index < -0.39 is 0 Å². The smallest absolute Gasteiger partial charge is 0.409 e. The van der Waals surface area contributed by atoms with E-state index >= 15 is 0 Å². The number of benzene rings is 1. The zero-order chi connectivity index (χ0) is 17.8. The highest BCUT2D eigenvalue weighted by Crippen LogP contribution is 2.23. The van der Waals surface area contributed by atoms with Gasteiger partial charge in [0.15, 0.2) is 0 Å². The molecule has 1 fully saturated rings. The Labute approximate surface area is 145 Å². The standard InChI is InChI=1S/C18H22N2O5/c1-3-24-18(22)20-8-6-19(7-9-20)12-13-10-17(21)25-16-11-14(23-2)4-5-15(13)16/h4-5,10-11H,3,6-9,12H2,1-2H3. The molecule has 1 aliphatic rings. The average Bonchev–Trinajstić information content (AvgIpc) is 2.61. The minimum Gasteiger partial charge on any atom is -0.497 e. The molecule has 0 atom stereocenters. The number of methoxy groups -OCH3 is 1. The number of hydrogen-bond acceptors (Lipinski definition) is 6. The molecule has 0 saturated carbocycles. The van der Waals surface area contributed by atoms with Crippen molar-refractivity contribution in [3.05, 3.63) is 40.2 Å². The Morgan fingerprint density at radius 2 is 1.96 bits per heavy atom. The molecular formula is C18H22N2O5. The molecule has 1 aliphatic heterocycles. The lowest BCUT2D eigenvalue weighted by molar-refractivity contribution is 0.0779. The second-order valence-electron chi connectivity index (χ2n) is 5.91. The molecule has 3 rings (SSSR count). The lowest BCUT2D eigenvalue weighted by Gasteiger charge is -2.34. The first-order chi connectivity index (χ1) is 12.1. The van der Waals surface area contributed by atoms with Gasteiger partial charge in [-0.1, -0.05) is 0 Å². The predicted molar refractivity (Wildman–Crippen MR) is 92.9 cm³/mol. The fraction of sp³-hybridized carbons (Fsp3) is 0.444. The number of carbonyl (C=O) groups is 1. The minimum absolute atomic E-state index is 0.264. The Hall–Kier alpha value is -2.54. The summed E-state index contributed by atoms with van der Waals surface area (Å²) in [6.45, 7) is 5.51. The summed E-state index contributed by atoms with van der Waals surface area (Å²) in [4.78, 5) is 27.6. The van der Waals surface area contributed by atoms with Crippen LogP contribution in [0.5, 0.6) is 5.75 Å². The van der Waals surface area contributed by atoms with Crippen LogP contribution in [0.1, 0.15) is 12.5 Å². The SMILES string of the molecule is CCOC(=O)N1CCN(Cc2cc(=O)oc3cc(OC)ccc23)CC1. The molecule has 0 N–H and O–H groups in total. The summed E-state index contributed by atoms with van der Waals surface area (Å²) < 4.78 is 15.5. The summed E-state index contributed by atoms with van der Waals surface area (Å²) in [5, 5.41) is 0.897. The van der Waals surface area contributed by atoms with Crippen LogP contribution in [0.3, 0.4) is 0 Å². The van der Waals surface area contributed by atoms with Gasteiger partial charge in [-0.25, -0.2) is 9.59 Å². The summed E-state index contributed by atoms with van der Waals surface area (Å²) in [5.74, 6) is 0.649. The van der Waals surface area contributed by atoms with Gasteiger partial charge in [0.2, 0.25) is 0 Å². The number of carbonyl (C=O) groups excluding carboxylic acids is 1. The van der Waals surface area contributed by atoms with Crippen LogP contribution in [0.15, 0.2) is 33.5 Å². The zero-order valence-electron chi connectivity index (χ0n) is 14.5. The van der Waals surface area contributed by atoms with Crippen molar-refractivity contribution in [3.8, 4) is 5.75 Å². The van der Waals surface area contributed by atoms with Crippen molar-refractivity contribution in [2.45, 2.75) is 13.5 Å². The Morgan fingerprint density at radius 3 is 2.64 bits per heavy atom. The van der Waals surface area contributed by atoms with Gasteiger partial charge in [-0.15, -0.1) is 0 Å². The molecule has 0 spiro atoms. The number of piperazine rings is 1. The molecule has 1 saturated heterocycles. The van der Waals surface area contributed by atoms with Crippen molar-refractivity contribution >= 4 is 17.1 Å². The van der Waals surface area contributed by atoms with Crippen LogP contribution in [-0.4, -0.2) is 55.8 Å². The van der Waals surface area contributed by atoms with Gasteiger partial charge in [-0.2, -0.15) is 0 Å². The van der Waals surface area contributed by atoms with Crippen molar-refractivity contribution in [1.29, 1.82) is 0 Å². The molecule has 7 heteroatoms. The van der Waals surface area contributed by atoms with Crippen molar-refractivity contribution in [2.24, 2.45) is 0 Å². The summed E-state index contributed by atoms with van der Waals surface area (Å²) in [6, 6.07) is 7.01. The molecule has 2 heterocycles. The normalized spacial score (nSPS) is 15.4. The summed E-state index contributed by atoms with van der Waals surface area (Å²) in [5.41, 5.74) is 1.06. The lowest BCUT2D eigenvalue weighted by Crippen LogP contribution is -2.48. The Bertz CT molecular complexity index is 809. The Kier molecular flexibility index (Phi) is 5.23. The fourth-order valence-corrected chi connectivity index (χ4v) is 3.01. The first-order valence-corrected chi connectivity index (χ1v) is 8.35. The van der Waals surface area contributed by atoms with Crippen molar-refractivity contribution in [3.63, 3.8) is 0 Å². The maximum Gasteiger partial charge on any atom is 0.409 e. The number of hydrogen-bond donors (Lipinski definition) is 0. The van der Waals surface area contributed by atoms with Crippen molar-refractivity contribution < 1.29 is 18.7 Å². The summed E-state index contributed by atoms with van der Waals surface area (Å²) in [6.07, 6.45) is -0.264. The number of nitrogens with zero attached hydrogens (tertiary/aromatic N) is 2. The highest BCUT2D eigenvalue weighted by Gasteiger charge is 2.22. The molecule has 1 aromatic carbocycles. The van der Waals surface area contributed by atoms with Crippen LogP contribution in [0.25, 0.3) is 11.0 Å². The molecule has 1 aromatic heterocycles. The minimum atomic E-state index is -0.374. The van der Waals surface area contributed by atoms with Gasteiger partial charge in [0.25, 0.3) is 0 Å². The van der Waals surface area contributed by atoms with Gasteiger partial charge >= 0.3 is 11.7 Å². The highest BCUT2D eigenvalue weighted by atomic mass is 16.6. The van der Waals surface area contributed by atoms with E-state index in [4.69, 9.17) is 13.9 Å². The monoisotopic (exact) mass is 346 g/mol. The molecule has 134 valence electrons. The van der Waals surface area contributed by atoms with E-state index in [1.807, 2.05) is 12.1 Å². The van der Waals surface area contributed by atoms with Crippen LogP contribution < -0.4 is 10.4 Å². The maximum absolute atomic E-state index is 11.9. The van der Waals surface area contributed by atoms with Gasteiger partial charge in [0.05, 0.1) is 13.7 Å². The largest absolute Gasteiger partial charge is 0.497 e. The van der Waals surface area contributed by atoms with E-state index in [2.05, 4.69) is 4.90 Å². The quantitative estimate of drug-likeness (QED) is 0.789. The molecule has 7 nitrogen and oxygen atoms in total. The number of ether oxygens (including phenoxy) is 2. The van der Waals surface area contributed by atoms with E-state index in [-0.39, 0.29) is 11.7 Å². The second-order valence-corrected chi connectivity index (χ2v) is 5.91. The fourth-order valence-electron chi connectivity index (χ4n) is 3.01. The lowest BCUT2D eigenvalue weighted by atomic mass is 10.1. The third-order valence-electron chi connectivity index (χ3n) is 4.33. The van der Waals surface area contributed by atoms with Crippen molar-refractivity contribution in [2.75, 3.05) is 39.9 Å². The first-order valence-electron chi connectivity index (χ1n) is 8.35. The van der Waals surface area contributed by atoms with E-state index in [1.54, 1.807) is 25.0 Å². The average molecular weight is 346 g/mol. The van der Waals surface area contributed by atoms with E-state index in [9.17, 15) is 9.59 Å². The van der Waals surface area contributed by atoms with E-state index in [0.29, 0.717) is 37.6 Å². The van der Waals surface area contributed by atoms with Gasteiger partial charge in [0.1, 0.15) is 11.3 Å². The second kappa shape index (κ2) is 7.57. The number of fused-ring (bicyclic) bond motifs is 1. The third-order valence-corrected chi connectivity index (χ3v) is 4.33. The van der Waals surface area contributed by atoms with Crippen LogP contribution in [0.2, 0.25) is 0 Å². The number of rotatable bonds is 4. The van der Waals surface area contributed by atoms with Gasteiger partial charge in [-0.3, -0.25) is 4.90 Å². The molecule has 1 amide bonds. The molecular weight excluding hydrogens is 324 g/mol. The molecule has 0 bridgehead atoms. The Morgan fingerprint density at radius 1 is 1.20 bits per heavy atom. The van der Waals surface area contributed by atoms with Gasteiger partial charge < -0.3 is 18.8 Å². The summed E-state index contributed by atoms with van der Waals surface area (Å²) >= 11 is 0. The maximum atomic E-state index is 11.9. The topological polar surface area (TPSA) is 72.2 Å². The van der Waals surface area contributed by atoms with E-state index in [1.165, 1.54) is 6.07 Å². The van der Waals surface area contributed by atoms with Crippen LogP contribution in [0.4, 0.5) is 4.79 Å². The zero-order valence-corrected chi connectivity index (χ0v) is 14.5. The third kappa shape index (κ3) is 3.93. The number of amides is 1. The van der Waals surface area contributed by atoms with Crippen LogP contribution in [0, 0.1) is 0 Å². The molecule has 2 aromatic rings.